The van der Waals surface area contributed by atoms with Gasteiger partial charge >= 0.3 is 0 Å². The lowest BCUT2D eigenvalue weighted by Gasteiger charge is -2.44. The molecule has 5 aliphatic rings. The first-order chi connectivity index (χ1) is 16.7. The highest BCUT2D eigenvalue weighted by Crippen LogP contribution is 2.43. The van der Waals surface area contributed by atoms with Crippen LogP contribution < -0.4 is 5.32 Å². The maximum absolute atomic E-state index is 13.2. The molecule has 34 heavy (non-hydrogen) atoms. The van der Waals surface area contributed by atoms with Gasteiger partial charge in [-0.15, -0.1) is 0 Å². The molecule has 0 aromatic heterocycles. The molecule has 184 valence electrons. The number of nitrogens with one attached hydrogen (secondary N) is 1. The molecule has 1 saturated carbocycles. The Morgan fingerprint density at radius 1 is 0.941 bits per heavy atom. The van der Waals surface area contributed by atoms with Crippen molar-refractivity contribution < 1.29 is 14.3 Å². The Labute approximate surface area is 203 Å². The van der Waals surface area contributed by atoms with Gasteiger partial charge in [-0.05, 0) is 74.5 Å². The van der Waals surface area contributed by atoms with Crippen LogP contribution in [0.1, 0.15) is 81.4 Å². The number of benzene rings is 1. The molecule has 3 atom stereocenters. The predicted molar refractivity (Wildman–Crippen MR) is 131 cm³/mol. The summed E-state index contributed by atoms with van der Waals surface area (Å²) < 4.78 is 5.44. The van der Waals surface area contributed by atoms with E-state index in [1.165, 1.54) is 24.0 Å². The third-order valence-electron chi connectivity index (χ3n) is 9.24. The third kappa shape index (κ3) is 4.28. The molecule has 6 nitrogen and oxygen atoms in total. The van der Waals surface area contributed by atoms with Crippen LogP contribution in [-0.2, 0) is 20.7 Å². The molecule has 1 N–H and O–H groups in total. The molecule has 0 radical (unpaired) electrons. The van der Waals surface area contributed by atoms with Crippen LogP contribution in [0.3, 0.4) is 0 Å². The van der Waals surface area contributed by atoms with Crippen LogP contribution in [0.25, 0.3) is 0 Å². The van der Waals surface area contributed by atoms with E-state index in [0.717, 1.165) is 83.4 Å². The smallest absolute Gasteiger partial charge is 0.226 e. The van der Waals surface area contributed by atoms with Crippen molar-refractivity contribution in [1.29, 1.82) is 0 Å². The third-order valence-corrected chi connectivity index (χ3v) is 9.24. The number of amides is 2. The van der Waals surface area contributed by atoms with Crippen LogP contribution in [0.15, 0.2) is 18.2 Å². The minimum atomic E-state index is 0.140. The number of rotatable bonds is 5. The van der Waals surface area contributed by atoms with Crippen LogP contribution in [0.4, 0.5) is 5.69 Å². The fourth-order valence-corrected chi connectivity index (χ4v) is 7.48. The number of likely N-dealkylation sites (tertiary alicyclic amines) is 1. The fourth-order valence-electron chi connectivity index (χ4n) is 7.48. The Morgan fingerprint density at radius 3 is 2.41 bits per heavy atom. The van der Waals surface area contributed by atoms with Crippen LogP contribution >= 0.6 is 0 Å². The number of anilines is 1. The van der Waals surface area contributed by atoms with Crippen molar-refractivity contribution >= 4 is 17.5 Å². The van der Waals surface area contributed by atoms with E-state index in [0.29, 0.717) is 36.4 Å². The molecule has 6 rings (SSSR count). The first-order valence-corrected chi connectivity index (χ1v) is 13.7. The Kier molecular flexibility index (Phi) is 6.37. The largest absolute Gasteiger partial charge is 0.381 e. The maximum Gasteiger partial charge on any atom is 0.226 e. The number of hydrogen-bond acceptors (Lipinski definition) is 4. The van der Waals surface area contributed by atoms with Crippen LogP contribution in [-0.4, -0.2) is 60.0 Å². The average molecular weight is 466 g/mol. The Morgan fingerprint density at radius 2 is 1.68 bits per heavy atom. The van der Waals surface area contributed by atoms with E-state index in [9.17, 15) is 9.59 Å². The standard InChI is InChI=1S/C28H39N3O3/c32-27(16-19-12-14-34-15-13-19)29-25-7-3-6-24-23(25)10-11-26(24)30-17-21-8-9-22(18-30)31(21)28(33)20-4-1-2-5-20/h3,6-7,19-22,26H,1-2,4-5,8-18H2,(H,29,32). The van der Waals surface area contributed by atoms with Gasteiger partial charge in [0.15, 0.2) is 0 Å². The highest BCUT2D eigenvalue weighted by atomic mass is 16.5. The van der Waals surface area contributed by atoms with Gasteiger partial charge in [0.25, 0.3) is 0 Å². The zero-order valence-corrected chi connectivity index (χ0v) is 20.3. The van der Waals surface area contributed by atoms with E-state index in [4.69, 9.17) is 4.74 Å². The van der Waals surface area contributed by atoms with E-state index in [2.05, 4.69) is 33.3 Å². The van der Waals surface area contributed by atoms with Gasteiger partial charge in [-0.2, -0.15) is 0 Å². The maximum atomic E-state index is 13.2. The summed E-state index contributed by atoms with van der Waals surface area (Å²) in [4.78, 5) is 31.0. The molecule has 1 aromatic carbocycles. The van der Waals surface area contributed by atoms with Gasteiger partial charge in [-0.1, -0.05) is 25.0 Å². The number of piperazine rings is 1. The van der Waals surface area contributed by atoms with Crippen molar-refractivity contribution in [3.8, 4) is 0 Å². The molecule has 6 heteroatoms. The Bertz CT molecular complexity index is 907. The summed E-state index contributed by atoms with van der Waals surface area (Å²) in [6.45, 7) is 3.56. The van der Waals surface area contributed by atoms with Crippen molar-refractivity contribution in [3.05, 3.63) is 29.3 Å². The summed E-state index contributed by atoms with van der Waals surface area (Å²) in [6, 6.07) is 7.63. The number of fused-ring (bicyclic) bond motifs is 3. The molecule has 3 saturated heterocycles. The summed E-state index contributed by atoms with van der Waals surface area (Å²) in [6.07, 6.45) is 11.6. The summed E-state index contributed by atoms with van der Waals surface area (Å²) in [5.41, 5.74) is 3.72. The van der Waals surface area contributed by atoms with E-state index < -0.39 is 0 Å². The van der Waals surface area contributed by atoms with Crippen molar-refractivity contribution in [2.24, 2.45) is 11.8 Å². The molecule has 3 heterocycles. The Balaban J connectivity index is 1.12. The van der Waals surface area contributed by atoms with Gasteiger partial charge in [-0.3, -0.25) is 14.5 Å². The van der Waals surface area contributed by atoms with E-state index in [1.54, 1.807) is 0 Å². The van der Waals surface area contributed by atoms with Crippen LogP contribution in [0, 0.1) is 11.8 Å². The first kappa shape index (κ1) is 22.5. The molecule has 4 fully saturated rings. The number of nitrogens with zero attached hydrogens (tertiary/aromatic N) is 2. The normalized spacial score (nSPS) is 30.0. The topological polar surface area (TPSA) is 61.9 Å². The van der Waals surface area contributed by atoms with E-state index in [1.807, 2.05) is 0 Å². The molecular formula is C28H39N3O3. The van der Waals surface area contributed by atoms with Gasteiger partial charge in [0, 0.05) is 62.5 Å². The molecule has 2 bridgehead atoms. The van der Waals surface area contributed by atoms with Crippen LogP contribution in [0.5, 0.6) is 0 Å². The van der Waals surface area contributed by atoms with Gasteiger partial charge in [0.1, 0.15) is 0 Å². The first-order valence-electron chi connectivity index (χ1n) is 13.7. The predicted octanol–water partition coefficient (Wildman–Crippen LogP) is 4.29. The second kappa shape index (κ2) is 9.62. The highest BCUT2D eigenvalue weighted by Gasteiger charge is 2.46. The lowest BCUT2D eigenvalue weighted by Crippen LogP contribution is -2.57. The zero-order valence-electron chi connectivity index (χ0n) is 20.3. The van der Waals surface area contributed by atoms with Crippen LogP contribution in [0.2, 0.25) is 0 Å². The number of hydrogen-bond donors (Lipinski definition) is 1. The lowest BCUT2D eigenvalue weighted by atomic mass is 9.96. The van der Waals surface area contributed by atoms with Crippen molar-refractivity contribution in [2.75, 3.05) is 31.6 Å². The summed E-state index contributed by atoms with van der Waals surface area (Å²) in [5.74, 6) is 1.32. The second-order valence-corrected chi connectivity index (χ2v) is 11.3. The van der Waals surface area contributed by atoms with Crippen molar-refractivity contribution in [1.82, 2.24) is 9.80 Å². The summed E-state index contributed by atoms with van der Waals surface area (Å²) >= 11 is 0. The molecule has 3 aliphatic heterocycles. The molecular weight excluding hydrogens is 426 g/mol. The molecule has 2 aliphatic carbocycles. The molecule has 1 aromatic rings. The van der Waals surface area contributed by atoms with Crippen molar-refractivity contribution in [3.63, 3.8) is 0 Å². The molecule has 2 amide bonds. The van der Waals surface area contributed by atoms with Crippen molar-refractivity contribution in [2.45, 2.75) is 88.8 Å². The monoisotopic (exact) mass is 465 g/mol. The molecule has 0 spiro atoms. The van der Waals surface area contributed by atoms with E-state index >= 15 is 0 Å². The highest BCUT2D eigenvalue weighted by molar-refractivity contribution is 5.92. The van der Waals surface area contributed by atoms with Gasteiger partial charge in [0.05, 0.1) is 0 Å². The number of carbonyl (C=O) groups is 2. The van der Waals surface area contributed by atoms with E-state index in [-0.39, 0.29) is 11.8 Å². The second-order valence-electron chi connectivity index (χ2n) is 11.3. The zero-order chi connectivity index (χ0) is 23.1. The average Bonchev–Trinajstić information content (AvgIpc) is 3.58. The minimum Gasteiger partial charge on any atom is -0.381 e. The Hall–Kier alpha value is -1.92. The number of ether oxygens (including phenoxy) is 1. The summed E-state index contributed by atoms with van der Waals surface area (Å²) in [7, 11) is 0. The quantitative estimate of drug-likeness (QED) is 0.705. The van der Waals surface area contributed by atoms with Gasteiger partial charge < -0.3 is 15.0 Å². The lowest BCUT2D eigenvalue weighted by molar-refractivity contribution is -0.141. The SMILES string of the molecule is O=C(CC1CCOCC1)Nc1cccc2c1CCC2N1CC2CCC(C1)N2C(=O)C1CCCC1. The van der Waals surface area contributed by atoms with Gasteiger partial charge in [0.2, 0.25) is 11.8 Å². The number of carbonyl (C=O) groups excluding carboxylic acids is 2. The molecule has 3 unspecified atom stereocenters. The fraction of sp³-hybridized carbons (Fsp3) is 0.714. The summed E-state index contributed by atoms with van der Waals surface area (Å²) in [5, 5.41) is 3.25. The van der Waals surface area contributed by atoms with Gasteiger partial charge in [-0.25, -0.2) is 0 Å². The minimum absolute atomic E-state index is 0.140.